The Morgan fingerprint density at radius 2 is 2.00 bits per heavy atom. The Bertz CT molecular complexity index is 450. The highest BCUT2D eigenvalue weighted by Gasteiger charge is 2.39. The molecule has 1 aliphatic carbocycles. The van der Waals surface area contributed by atoms with E-state index in [1.807, 2.05) is 26.0 Å². The fourth-order valence-corrected chi connectivity index (χ4v) is 2.99. The molecule has 1 aromatic rings. The van der Waals surface area contributed by atoms with Gasteiger partial charge in [-0.1, -0.05) is 18.0 Å². The third-order valence-electron chi connectivity index (χ3n) is 3.89. The summed E-state index contributed by atoms with van der Waals surface area (Å²) in [6.07, 6.45) is 3.48. The predicted molar refractivity (Wildman–Crippen MR) is 78.4 cm³/mol. The van der Waals surface area contributed by atoms with E-state index in [4.69, 9.17) is 26.8 Å². The molecule has 1 saturated carbocycles. The minimum atomic E-state index is 0.0285. The molecule has 0 aliphatic heterocycles. The maximum atomic E-state index is 6.43. The molecule has 0 saturated heterocycles. The average molecular weight is 284 g/mol. The number of hydrogen-bond acceptors (Lipinski definition) is 3. The van der Waals surface area contributed by atoms with Gasteiger partial charge in [0.15, 0.2) is 11.5 Å². The molecule has 0 aromatic heterocycles. The Labute approximate surface area is 120 Å². The number of methoxy groups -OCH3 is 1. The van der Waals surface area contributed by atoms with Crippen LogP contribution in [0.3, 0.4) is 0 Å². The highest BCUT2D eigenvalue weighted by Crippen LogP contribution is 2.48. The van der Waals surface area contributed by atoms with Gasteiger partial charge in [-0.25, -0.2) is 0 Å². The van der Waals surface area contributed by atoms with E-state index in [-0.39, 0.29) is 11.5 Å². The molecular weight excluding hydrogens is 262 g/mol. The normalized spacial score (nSPS) is 17.2. The van der Waals surface area contributed by atoms with Crippen LogP contribution < -0.4 is 15.2 Å². The molecule has 0 spiro atoms. The minimum absolute atomic E-state index is 0.0285. The molecule has 0 bridgehead atoms. The van der Waals surface area contributed by atoms with Gasteiger partial charge >= 0.3 is 0 Å². The number of benzene rings is 1. The van der Waals surface area contributed by atoms with Gasteiger partial charge in [0.25, 0.3) is 0 Å². The second-order valence-corrected chi connectivity index (χ2v) is 5.89. The second kappa shape index (κ2) is 5.59. The molecule has 4 heteroatoms. The molecule has 0 atom stereocenters. The Balaban J connectivity index is 2.41. The van der Waals surface area contributed by atoms with E-state index >= 15 is 0 Å². The monoisotopic (exact) mass is 283 g/mol. The van der Waals surface area contributed by atoms with Gasteiger partial charge in [0.05, 0.1) is 13.2 Å². The van der Waals surface area contributed by atoms with Gasteiger partial charge in [-0.05, 0) is 38.3 Å². The zero-order valence-corrected chi connectivity index (χ0v) is 12.6. The van der Waals surface area contributed by atoms with Gasteiger partial charge in [0.2, 0.25) is 0 Å². The van der Waals surface area contributed by atoms with Crippen LogP contribution in [0.2, 0.25) is 5.02 Å². The highest BCUT2D eigenvalue weighted by atomic mass is 35.5. The lowest BCUT2D eigenvalue weighted by molar-refractivity contribution is 0.227. The third kappa shape index (κ3) is 2.67. The molecule has 0 amide bonds. The quantitative estimate of drug-likeness (QED) is 0.899. The van der Waals surface area contributed by atoms with Crippen LogP contribution in [0.15, 0.2) is 12.1 Å². The van der Waals surface area contributed by atoms with Crippen molar-refractivity contribution in [3.63, 3.8) is 0 Å². The SMILES string of the molecule is COc1cc(C2(CN)CCC2)c(Cl)cc1OC(C)C. The number of ether oxygens (including phenoxy) is 2. The summed E-state index contributed by atoms with van der Waals surface area (Å²) in [6, 6.07) is 3.84. The topological polar surface area (TPSA) is 44.5 Å². The van der Waals surface area contributed by atoms with Crippen molar-refractivity contribution in [2.45, 2.75) is 44.6 Å². The Morgan fingerprint density at radius 1 is 1.32 bits per heavy atom. The Hall–Kier alpha value is -0.930. The van der Waals surface area contributed by atoms with Gasteiger partial charge in [0.1, 0.15) is 0 Å². The highest BCUT2D eigenvalue weighted by molar-refractivity contribution is 6.31. The van der Waals surface area contributed by atoms with E-state index in [0.717, 1.165) is 29.2 Å². The first-order valence-corrected chi connectivity index (χ1v) is 7.15. The molecule has 1 fully saturated rings. The lowest BCUT2D eigenvalue weighted by Gasteiger charge is -2.42. The minimum Gasteiger partial charge on any atom is -0.493 e. The molecule has 0 unspecified atom stereocenters. The molecule has 3 nitrogen and oxygen atoms in total. The molecule has 0 heterocycles. The summed E-state index contributed by atoms with van der Waals surface area (Å²) in [5.41, 5.74) is 7.07. The summed E-state index contributed by atoms with van der Waals surface area (Å²) in [5.74, 6) is 1.42. The summed E-state index contributed by atoms with van der Waals surface area (Å²) < 4.78 is 11.2. The average Bonchev–Trinajstić information content (AvgIpc) is 2.30. The van der Waals surface area contributed by atoms with Crippen LogP contribution in [-0.4, -0.2) is 19.8 Å². The fraction of sp³-hybridized carbons (Fsp3) is 0.600. The van der Waals surface area contributed by atoms with E-state index in [1.165, 1.54) is 6.42 Å². The van der Waals surface area contributed by atoms with E-state index in [2.05, 4.69) is 0 Å². The van der Waals surface area contributed by atoms with E-state index in [1.54, 1.807) is 7.11 Å². The van der Waals surface area contributed by atoms with Crippen molar-refractivity contribution in [3.8, 4) is 11.5 Å². The summed E-state index contributed by atoms with van der Waals surface area (Å²) >= 11 is 6.43. The maximum absolute atomic E-state index is 6.43. The van der Waals surface area contributed by atoms with Gasteiger partial charge in [0, 0.05) is 23.0 Å². The van der Waals surface area contributed by atoms with Gasteiger partial charge in [-0.15, -0.1) is 0 Å². The van der Waals surface area contributed by atoms with Crippen LogP contribution >= 0.6 is 11.6 Å². The molecule has 19 heavy (non-hydrogen) atoms. The molecule has 2 rings (SSSR count). The summed E-state index contributed by atoms with van der Waals surface area (Å²) in [4.78, 5) is 0. The summed E-state index contributed by atoms with van der Waals surface area (Å²) in [5, 5.41) is 0.724. The first-order chi connectivity index (χ1) is 9.02. The van der Waals surface area contributed by atoms with Crippen LogP contribution in [0.4, 0.5) is 0 Å². The van der Waals surface area contributed by atoms with Crippen LogP contribution in [-0.2, 0) is 5.41 Å². The smallest absolute Gasteiger partial charge is 0.163 e. The molecule has 1 aromatic carbocycles. The number of nitrogens with two attached hydrogens (primary N) is 1. The van der Waals surface area contributed by atoms with Gasteiger partial charge in [-0.3, -0.25) is 0 Å². The zero-order valence-electron chi connectivity index (χ0n) is 11.8. The van der Waals surface area contributed by atoms with E-state index in [0.29, 0.717) is 12.3 Å². The molecule has 0 radical (unpaired) electrons. The molecule has 2 N–H and O–H groups in total. The second-order valence-electron chi connectivity index (χ2n) is 5.49. The van der Waals surface area contributed by atoms with Crippen LogP contribution in [0.25, 0.3) is 0 Å². The van der Waals surface area contributed by atoms with E-state index < -0.39 is 0 Å². The van der Waals surface area contributed by atoms with Crippen molar-refractivity contribution in [1.29, 1.82) is 0 Å². The standard InChI is InChI=1S/C15H22ClNO2/c1-10(2)19-14-8-12(16)11(7-13(14)18-3)15(9-17)5-4-6-15/h7-8,10H,4-6,9,17H2,1-3H3. The first-order valence-electron chi connectivity index (χ1n) is 6.77. The largest absolute Gasteiger partial charge is 0.493 e. The van der Waals surface area contributed by atoms with Crippen LogP contribution in [0.1, 0.15) is 38.7 Å². The molecular formula is C15H22ClNO2. The van der Waals surface area contributed by atoms with Gasteiger partial charge in [-0.2, -0.15) is 0 Å². The van der Waals surface area contributed by atoms with Crippen molar-refractivity contribution in [3.05, 3.63) is 22.7 Å². The zero-order chi connectivity index (χ0) is 14.0. The predicted octanol–water partition coefficient (Wildman–Crippen LogP) is 3.52. The first kappa shape index (κ1) is 14.5. The van der Waals surface area contributed by atoms with Crippen molar-refractivity contribution in [1.82, 2.24) is 0 Å². The maximum Gasteiger partial charge on any atom is 0.163 e. The van der Waals surface area contributed by atoms with Crippen molar-refractivity contribution in [2.75, 3.05) is 13.7 Å². The summed E-state index contributed by atoms with van der Waals surface area (Å²) in [6.45, 7) is 4.59. The van der Waals surface area contributed by atoms with Crippen molar-refractivity contribution in [2.24, 2.45) is 5.73 Å². The Morgan fingerprint density at radius 3 is 2.42 bits per heavy atom. The number of hydrogen-bond donors (Lipinski definition) is 1. The Kier molecular flexibility index (Phi) is 4.26. The molecule has 106 valence electrons. The van der Waals surface area contributed by atoms with Crippen LogP contribution in [0.5, 0.6) is 11.5 Å². The number of halogens is 1. The van der Waals surface area contributed by atoms with Crippen LogP contribution in [0, 0.1) is 0 Å². The lowest BCUT2D eigenvalue weighted by Crippen LogP contribution is -2.41. The van der Waals surface area contributed by atoms with Crippen molar-refractivity contribution >= 4 is 11.6 Å². The fourth-order valence-electron chi connectivity index (χ4n) is 2.63. The lowest BCUT2D eigenvalue weighted by atomic mass is 9.64. The van der Waals surface area contributed by atoms with Gasteiger partial charge < -0.3 is 15.2 Å². The summed E-state index contributed by atoms with van der Waals surface area (Å²) in [7, 11) is 1.65. The third-order valence-corrected chi connectivity index (χ3v) is 4.20. The molecule has 1 aliphatic rings. The number of rotatable bonds is 5. The van der Waals surface area contributed by atoms with Crippen molar-refractivity contribution < 1.29 is 9.47 Å². The van der Waals surface area contributed by atoms with E-state index in [9.17, 15) is 0 Å².